The fraction of sp³-hybridized carbons (Fsp3) is 0.100. The number of nitrogens with zero attached hydrogens (tertiary/aromatic N) is 1. The zero-order valence-electron chi connectivity index (χ0n) is 13.6. The van der Waals surface area contributed by atoms with Gasteiger partial charge >= 0.3 is 0 Å². The standard InChI is InChI=1S/C20H16ClFN2O/c1-13-4-2-3-5-17(13)18-6-7-23-12-19(18)24-20(25)15-8-14(11-22)9-16(21)10-15/h2-10,12H,11H2,1H3,(H,24,25). The number of benzene rings is 2. The van der Waals surface area contributed by atoms with Crippen molar-refractivity contribution in [1.82, 2.24) is 4.98 Å². The predicted molar refractivity (Wildman–Crippen MR) is 98.6 cm³/mol. The molecule has 1 amide bonds. The van der Waals surface area contributed by atoms with Crippen LogP contribution >= 0.6 is 11.6 Å². The number of pyridine rings is 1. The fourth-order valence-electron chi connectivity index (χ4n) is 2.66. The lowest BCUT2D eigenvalue weighted by molar-refractivity contribution is 0.102. The van der Waals surface area contributed by atoms with E-state index in [2.05, 4.69) is 10.3 Å². The maximum Gasteiger partial charge on any atom is 0.255 e. The molecule has 0 atom stereocenters. The monoisotopic (exact) mass is 354 g/mol. The Hall–Kier alpha value is -2.72. The number of amides is 1. The second-order valence-electron chi connectivity index (χ2n) is 5.67. The highest BCUT2D eigenvalue weighted by Crippen LogP contribution is 2.30. The van der Waals surface area contributed by atoms with Crippen molar-refractivity contribution >= 4 is 23.2 Å². The summed E-state index contributed by atoms with van der Waals surface area (Å²) in [7, 11) is 0. The first-order chi connectivity index (χ1) is 12.1. The number of carbonyl (C=O) groups excluding carboxylic acids is 1. The molecule has 0 aliphatic heterocycles. The van der Waals surface area contributed by atoms with Gasteiger partial charge in [-0.25, -0.2) is 4.39 Å². The van der Waals surface area contributed by atoms with E-state index < -0.39 is 6.67 Å². The summed E-state index contributed by atoms with van der Waals surface area (Å²) in [5, 5.41) is 3.17. The number of rotatable bonds is 4. The molecule has 2 aromatic carbocycles. The van der Waals surface area contributed by atoms with Gasteiger partial charge in [0.05, 0.1) is 11.9 Å². The van der Waals surface area contributed by atoms with E-state index in [1.165, 1.54) is 18.2 Å². The summed E-state index contributed by atoms with van der Waals surface area (Å²) < 4.78 is 12.9. The van der Waals surface area contributed by atoms with E-state index in [1.807, 2.05) is 37.3 Å². The molecule has 3 aromatic rings. The normalized spacial score (nSPS) is 10.5. The predicted octanol–water partition coefficient (Wildman–Crippen LogP) is 5.43. The van der Waals surface area contributed by atoms with Crippen molar-refractivity contribution in [3.63, 3.8) is 0 Å². The Labute approximate surface area is 150 Å². The summed E-state index contributed by atoms with van der Waals surface area (Å²) in [6.45, 7) is 1.33. The third-order valence-electron chi connectivity index (χ3n) is 3.88. The summed E-state index contributed by atoms with van der Waals surface area (Å²) in [6, 6.07) is 14.3. The van der Waals surface area contributed by atoms with Crippen molar-refractivity contribution in [3.05, 3.63) is 82.6 Å². The molecular weight excluding hydrogens is 339 g/mol. The van der Waals surface area contributed by atoms with Crippen LogP contribution in [0.25, 0.3) is 11.1 Å². The van der Waals surface area contributed by atoms with Crippen LogP contribution in [0.4, 0.5) is 10.1 Å². The molecule has 0 spiro atoms. The second-order valence-corrected chi connectivity index (χ2v) is 6.11. The molecule has 3 nitrogen and oxygen atoms in total. The Balaban J connectivity index is 1.95. The van der Waals surface area contributed by atoms with E-state index in [-0.39, 0.29) is 5.91 Å². The van der Waals surface area contributed by atoms with Crippen LogP contribution in [0.1, 0.15) is 21.5 Å². The number of alkyl halides is 1. The highest BCUT2D eigenvalue weighted by Gasteiger charge is 2.13. The van der Waals surface area contributed by atoms with Gasteiger partial charge < -0.3 is 5.32 Å². The first kappa shape index (κ1) is 17.1. The second kappa shape index (κ2) is 7.45. The van der Waals surface area contributed by atoms with E-state index in [0.717, 1.165) is 16.7 Å². The molecule has 0 aliphatic rings. The molecule has 0 bridgehead atoms. The van der Waals surface area contributed by atoms with Crippen molar-refractivity contribution in [2.45, 2.75) is 13.6 Å². The molecular formula is C20H16ClFN2O. The van der Waals surface area contributed by atoms with Gasteiger partial charge in [0.1, 0.15) is 6.67 Å². The SMILES string of the molecule is Cc1ccccc1-c1ccncc1NC(=O)c1cc(Cl)cc(CF)c1. The molecule has 25 heavy (non-hydrogen) atoms. The first-order valence-corrected chi connectivity index (χ1v) is 8.13. The summed E-state index contributed by atoms with van der Waals surface area (Å²) in [6.07, 6.45) is 3.28. The zero-order valence-corrected chi connectivity index (χ0v) is 14.3. The molecule has 126 valence electrons. The van der Waals surface area contributed by atoms with Crippen molar-refractivity contribution < 1.29 is 9.18 Å². The number of anilines is 1. The van der Waals surface area contributed by atoms with Gasteiger partial charge in [0.15, 0.2) is 0 Å². The minimum absolute atomic E-state index is 0.305. The van der Waals surface area contributed by atoms with Gasteiger partial charge in [0.2, 0.25) is 0 Å². The largest absolute Gasteiger partial charge is 0.320 e. The van der Waals surface area contributed by atoms with Gasteiger partial charge in [-0.3, -0.25) is 9.78 Å². The van der Waals surface area contributed by atoms with Crippen LogP contribution in [0.15, 0.2) is 60.9 Å². The zero-order chi connectivity index (χ0) is 17.8. The Kier molecular flexibility index (Phi) is 5.10. The Morgan fingerprint density at radius 2 is 1.96 bits per heavy atom. The van der Waals surface area contributed by atoms with Crippen molar-refractivity contribution in [3.8, 4) is 11.1 Å². The minimum atomic E-state index is -0.678. The fourth-order valence-corrected chi connectivity index (χ4v) is 2.91. The maximum atomic E-state index is 12.9. The Bertz CT molecular complexity index is 927. The molecule has 1 aromatic heterocycles. The van der Waals surface area contributed by atoms with E-state index in [9.17, 15) is 9.18 Å². The quantitative estimate of drug-likeness (QED) is 0.678. The van der Waals surface area contributed by atoms with Gasteiger partial charge in [-0.2, -0.15) is 0 Å². The van der Waals surface area contributed by atoms with Crippen LogP contribution in [0, 0.1) is 6.92 Å². The molecule has 0 fully saturated rings. The smallest absolute Gasteiger partial charge is 0.255 e. The number of hydrogen-bond donors (Lipinski definition) is 1. The van der Waals surface area contributed by atoms with E-state index >= 15 is 0 Å². The lowest BCUT2D eigenvalue weighted by Gasteiger charge is -2.13. The third-order valence-corrected chi connectivity index (χ3v) is 4.10. The third kappa shape index (κ3) is 3.86. The number of carbonyl (C=O) groups is 1. The topological polar surface area (TPSA) is 42.0 Å². The van der Waals surface area contributed by atoms with Crippen molar-refractivity contribution in [1.29, 1.82) is 0 Å². The first-order valence-electron chi connectivity index (χ1n) is 7.75. The highest BCUT2D eigenvalue weighted by atomic mass is 35.5. The van der Waals surface area contributed by atoms with Crippen LogP contribution < -0.4 is 5.32 Å². The molecule has 0 saturated carbocycles. The summed E-state index contributed by atoms with van der Waals surface area (Å²) in [5.74, 6) is -0.361. The van der Waals surface area contributed by atoms with Gasteiger partial charge in [0.25, 0.3) is 5.91 Å². The molecule has 0 aliphatic carbocycles. The average molecular weight is 355 g/mol. The number of hydrogen-bond acceptors (Lipinski definition) is 2. The van der Waals surface area contributed by atoms with Crippen LogP contribution in [-0.4, -0.2) is 10.9 Å². The molecule has 5 heteroatoms. The lowest BCUT2D eigenvalue weighted by atomic mass is 10.00. The Morgan fingerprint density at radius 3 is 2.72 bits per heavy atom. The molecule has 0 saturated heterocycles. The Morgan fingerprint density at radius 1 is 1.16 bits per heavy atom. The van der Waals surface area contributed by atoms with Gasteiger partial charge in [-0.15, -0.1) is 0 Å². The molecule has 0 radical (unpaired) electrons. The minimum Gasteiger partial charge on any atom is -0.320 e. The summed E-state index contributed by atoms with van der Waals surface area (Å²) >= 11 is 5.96. The van der Waals surface area contributed by atoms with Crippen LogP contribution in [-0.2, 0) is 6.67 Å². The van der Waals surface area contributed by atoms with Gasteiger partial charge in [0, 0.05) is 22.3 Å². The van der Waals surface area contributed by atoms with Crippen molar-refractivity contribution in [2.75, 3.05) is 5.32 Å². The summed E-state index contributed by atoms with van der Waals surface area (Å²) in [5.41, 5.74) is 4.22. The lowest BCUT2D eigenvalue weighted by Crippen LogP contribution is -2.13. The average Bonchev–Trinajstić information content (AvgIpc) is 2.62. The van der Waals surface area contributed by atoms with Crippen LogP contribution in [0.2, 0.25) is 5.02 Å². The molecule has 3 rings (SSSR count). The number of halogens is 2. The van der Waals surface area contributed by atoms with E-state index in [0.29, 0.717) is 21.8 Å². The number of nitrogens with one attached hydrogen (secondary N) is 1. The van der Waals surface area contributed by atoms with Crippen molar-refractivity contribution in [2.24, 2.45) is 0 Å². The molecule has 1 heterocycles. The number of aryl methyl sites for hydroxylation is 1. The van der Waals surface area contributed by atoms with Gasteiger partial charge in [-0.1, -0.05) is 35.9 Å². The molecule has 0 unspecified atom stereocenters. The van der Waals surface area contributed by atoms with Crippen LogP contribution in [0.3, 0.4) is 0 Å². The number of aromatic nitrogens is 1. The summed E-state index contributed by atoms with van der Waals surface area (Å²) in [4.78, 5) is 16.7. The maximum absolute atomic E-state index is 12.9. The van der Waals surface area contributed by atoms with E-state index in [4.69, 9.17) is 11.6 Å². The molecule has 1 N–H and O–H groups in total. The van der Waals surface area contributed by atoms with Gasteiger partial charge in [-0.05, 0) is 47.9 Å². The van der Waals surface area contributed by atoms with E-state index in [1.54, 1.807) is 12.4 Å². The highest BCUT2D eigenvalue weighted by molar-refractivity contribution is 6.31. The van der Waals surface area contributed by atoms with Crippen LogP contribution in [0.5, 0.6) is 0 Å².